The zero-order chi connectivity index (χ0) is 14.7. The summed E-state index contributed by atoms with van der Waals surface area (Å²) in [6, 6.07) is 7.13. The molecule has 0 aliphatic heterocycles. The molecule has 2 atom stereocenters. The molecule has 0 bridgehead atoms. The molecule has 1 fully saturated rings. The van der Waals surface area contributed by atoms with Crippen molar-refractivity contribution in [2.75, 3.05) is 0 Å². The molecule has 0 saturated heterocycles. The van der Waals surface area contributed by atoms with E-state index in [0.29, 0.717) is 5.92 Å². The maximum Gasteiger partial charge on any atom is 0.244 e. The van der Waals surface area contributed by atoms with Gasteiger partial charge in [0.05, 0.1) is 12.1 Å². The van der Waals surface area contributed by atoms with Crippen LogP contribution in [0.4, 0.5) is 0 Å². The SMILES string of the molecule is C/C(=C/C(=O)NC(C)C(O)c1ccc(Br)cc1)C1CC1. The van der Waals surface area contributed by atoms with Gasteiger partial charge in [0.25, 0.3) is 0 Å². The summed E-state index contributed by atoms with van der Waals surface area (Å²) in [4.78, 5) is 11.9. The van der Waals surface area contributed by atoms with Crippen LogP contribution in [0.15, 0.2) is 40.4 Å². The lowest BCUT2D eigenvalue weighted by atomic mass is 10.0. The van der Waals surface area contributed by atoms with E-state index in [1.54, 1.807) is 6.08 Å². The van der Waals surface area contributed by atoms with Gasteiger partial charge >= 0.3 is 0 Å². The molecule has 0 radical (unpaired) electrons. The molecule has 2 N–H and O–H groups in total. The molecule has 0 spiro atoms. The van der Waals surface area contributed by atoms with Crippen LogP contribution in [0.25, 0.3) is 0 Å². The molecule has 20 heavy (non-hydrogen) atoms. The van der Waals surface area contributed by atoms with Gasteiger partial charge in [0, 0.05) is 10.5 Å². The van der Waals surface area contributed by atoms with E-state index < -0.39 is 6.10 Å². The van der Waals surface area contributed by atoms with Crippen LogP contribution in [-0.4, -0.2) is 17.1 Å². The molecule has 108 valence electrons. The fourth-order valence-corrected chi connectivity index (χ4v) is 2.42. The van der Waals surface area contributed by atoms with Crippen LogP contribution in [0.2, 0.25) is 0 Å². The minimum atomic E-state index is -0.707. The van der Waals surface area contributed by atoms with Gasteiger partial charge in [-0.2, -0.15) is 0 Å². The predicted molar refractivity (Wildman–Crippen MR) is 83.2 cm³/mol. The highest BCUT2D eigenvalue weighted by Gasteiger charge is 2.24. The summed E-state index contributed by atoms with van der Waals surface area (Å²) in [6.45, 7) is 3.80. The Labute approximate surface area is 128 Å². The van der Waals surface area contributed by atoms with Gasteiger partial charge < -0.3 is 10.4 Å². The van der Waals surface area contributed by atoms with Crippen molar-refractivity contribution in [1.82, 2.24) is 5.32 Å². The number of nitrogens with one attached hydrogen (secondary N) is 1. The number of amides is 1. The van der Waals surface area contributed by atoms with E-state index in [1.807, 2.05) is 38.1 Å². The van der Waals surface area contributed by atoms with Gasteiger partial charge in [-0.1, -0.05) is 33.6 Å². The quantitative estimate of drug-likeness (QED) is 0.809. The number of hydrogen-bond acceptors (Lipinski definition) is 2. The van der Waals surface area contributed by atoms with Crippen LogP contribution in [0.3, 0.4) is 0 Å². The highest BCUT2D eigenvalue weighted by atomic mass is 79.9. The largest absolute Gasteiger partial charge is 0.386 e. The van der Waals surface area contributed by atoms with E-state index in [2.05, 4.69) is 21.2 Å². The van der Waals surface area contributed by atoms with Crippen LogP contribution < -0.4 is 5.32 Å². The molecular formula is C16H20BrNO2. The van der Waals surface area contributed by atoms with E-state index in [-0.39, 0.29) is 11.9 Å². The topological polar surface area (TPSA) is 49.3 Å². The van der Waals surface area contributed by atoms with Gasteiger partial charge in [-0.25, -0.2) is 0 Å². The first-order valence-corrected chi connectivity index (χ1v) is 7.69. The Kier molecular flexibility index (Phi) is 5.00. The second-order valence-corrected chi connectivity index (χ2v) is 6.37. The highest BCUT2D eigenvalue weighted by Crippen LogP contribution is 2.35. The number of aliphatic hydroxyl groups is 1. The molecule has 0 aromatic heterocycles. The zero-order valence-electron chi connectivity index (χ0n) is 11.8. The molecule has 0 heterocycles. The molecule has 1 amide bonds. The zero-order valence-corrected chi connectivity index (χ0v) is 13.4. The number of carbonyl (C=O) groups is 1. The first-order valence-electron chi connectivity index (χ1n) is 6.89. The van der Waals surface area contributed by atoms with Crippen LogP contribution >= 0.6 is 15.9 Å². The predicted octanol–water partition coefficient (Wildman–Crippen LogP) is 3.34. The van der Waals surface area contributed by atoms with Gasteiger partial charge in [-0.15, -0.1) is 0 Å². The van der Waals surface area contributed by atoms with Gasteiger partial charge in [0.15, 0.2) is 0 Å². The van der Waals surface area contributed by atoms with Crippen molar-refractivity contribution < 1.29 is 9.90 Å². The first kappa shape index (κ1) is 15.3. The standard InChI is InChI=1S/C16H20BrNO2/c1-10(12-3-4-12)9-15(19)18-11(2)16(20)13-5-7-14(17)8-6-13/h5-9,11-12,16,20H,3-4H2,1-2H3,(H,18,19)/b10-9-. The fourth-order valence-electron chi connectivity index (χ4n) is 2.16. The second-order valence-electron chi connectivity index (χ2n) is 5.46. The van der Waals surface area contributed by atoms with Gasteiger partial charge in [-0.3, -0.25) is 4.79 Å². The Morgan fingerprint density at radius 1 is 1.40 bits per heavy atom. The Balaban J connectivity index is 1.93. The van der Waals surface area contributed by atoms with Crippen LogP contribution in [-0.2, 0) is 4.79 Å². The molecule has 1 saturated carbocycles. The van der Waals surface area contributed by atoms with E-state index in [0.717, 1.165) is 15.6 Å². The Morgan fingerprint density at radius 2 is 2.00 bits per heavy atom. The number of allylic oxidation sites excluding steroid dienone is 1. The van der Waals surface area contributed by atoms with E-state index in [9.17, 15) is 9.90 Å². The van der Waals surface area contributed by atoms with Crippen LogP contribution in [0, 0.1) is 5.92 Å². The van der Waals surface area contributed by atoms with Crippen LogP contribution in [0.1, 0.15) is 38.4 Å². The van der Waals surface area contributed by atoms with Crippen molar-refractivity contribution in [1.29, 1.82) is 0 Å². The van der Waals surface area contributed by atoms with E-state index in [4.69, 9.17) is 0 Å². The summed E-state index contributed by atoms with van der Waals surface area (Å²) in [5.41, 5.74) is 1.93. The van der Waals surface area contributed by atoms with E-state index in [1.165, 1.54) is 12.8 Å². The van der Waals surface area contributed by atoms with Crippen molar-refractivity contribution in [2.24, 2.45) is 5.92 Å². The highest BCUT2D eigenvalue weighted by molar-refractivity contribution is 9.10. The summed E-state index contributed by atoms with van der Waals surface area (Å²) in [5, 5.41) is 13.1. The van der Waals surface area contributed by atoms with Crippen molar-refractivity contribution in [3.63, 3.8) is 0 Å². The number of aliphatic hydroxyl groups excluding tert-OH is 1. The maximum atomic E-state index is 11.9. The lowest BCUT2D eigenvalue weighted by molar-refractivity contribution is -0.117. The molecule has 1 aromatic carbocycles. The maximum absolute atomic E-state index is 11.9. The Bertz CT molecular complexity index is 506. The molecule has 3 nitrogen and oxygen atoms in total. The van der Waals surface area contributed by atoms with Crippen molar-refractivity contribution in [3.05, 3.63) is 46.0 Å². The summed E-state index contributed by atoms with van der Waals surface area (Å²) in [7, 11) is 0. The average Bonchev–Trinajstić information content (AvgIpc) is 3.22. The third-order valence-electron chi connectivity index (χ3n) is 3.64. The van der Waals surface area contributed by atoms with E-state index >= 15 is 0 Å². The fraction of sp³-hybridized carbons (Fsp3) is 0.438. The summed E-state index contributed by atoms with van der Waals surface area (Å²) < 4.78 is 0.966. The molecule has 1 aliphatic carbocycles. The minimum Gasteiger partial charge on any atom is -0.386 e. The summed E-state index contributed by atoms with van der Waals surface area (Å²) >= 11 is 3.36. The summed E-state index contributed by atoms with van der Waals surface area (Å²) in [5.74, 6) is 0.463. The number of benzene rings is 1. The molecule has 4 heteroatoms. The normalized spacial score (nSPS) is 18.5. The third kappa shape index (κ3) is 4.18. The minimum absolute atomic E-state index is 0.127. The molecule has 2 rings (SSSR count). The first-order chi connectivity index (χ1) is 9.47. The van der Waals surface area contributed by atoms with Crippen molar-refractivity contribution >= 4 is 21.8 Å². The van der Waals surface area contributed by atoms with Crippen molar-refractivity contribution in [3.8, 4) is 0 Å². The second kappa shape index (κ2) is 6.55. The molecular weight excluding hydrogens is 318 g/mol. The Hall–Kier alpha value is -1.13. The number of carbonyl (C=O) groups excluding carboxylic acids is 1. The van der Waals surface area contributed by atoms with Gasteiger partial charge in [-0.05, 0) is 50.3 Å². The lowest BCUT2D eigenvalue weighted by Crippen LogP contribution is -2.36. The average molecular weight is 338 g/mol. The lowest BCUT2D eigenvalue weighted by Gasteiger charge is -2.20. The number of rotatable bonds is 5. The van der Waals surface area contributed by atoms with Crippen molar-refractivity contribution in [2.45, 2.75) is 38.8 Å². The molecule has 2 unspecified atom stereocenters. The van der Waals surface area contributed by atoms with Crippen LogP contribution in [0.5, 0.6) is 0 Å². The van der Waals surface area contributed by atoms with Gasteiger partial charge in [0.2, 0.25) is 5.91 Å². The Morgan fingerprint density at radius 3 is 2.55 bits per heavy atom. The molecule has 1 aliphatic rings. The number of halogens is 1. The van der Waals surface area contributed by atoms with Gasteiger partial charge in [0.1, 0.15) is 0 Å². The summed E-state index contributed by atoms with van der Waals surface area (Å²) in [6.07, 6.45) is 3.32. The smallest absolute Gasteiger partial charge is 0.244 e. The molecule has 1 aromatic rings. The monoisotopic (exact) mass is 337 g/mol. The number of hydrogen-bond donors (Lipinski definition) is 2. The third-order valence-corrected chi connectivity index (χ3v) is 4.16.